The molecule has 2 aromatic carbocycles. The van der Waals surface area contributed by atoms with Crippen LogP contribution >= 0.6 is 11.6 Å². The molecule has 19 heavy (non-hydrogen) atoms. The number of benzene rings is 2. The third kappa shape index (κ3) is 3.81. The van der Waals surface area contributed by atoms with E-state index in [4.69, 9.17) is 22.1 Å². The Kier molecular flexibility index (Phi) is 4.55. The van der Waals surface area contributed by atoms with Crippen LogP contribution in [0.15, 0.2) is 54.6 Å². The van der Waals surface area contributed by atoms with Crippen molar-refractivity contribution in [1.82, 2.24) is 0 Å². The highest BCUT2D eigenvalue weighted by Crippen LogP contribution is 2.14. The third-order valence-electron chi connectivity index (χ3n) is 2.71. The van der Waals surface area contributed by atoms with E-state index in [2.05, 4.69) is 0 Å². The minimum atomic E-state index is -0.756. The molecular formula is C15H14ClNO2. The van der Waals surface area contributed by atoms with Crippen LogP contribution in [-0.4, -0.2) is 5.97 Å². The van der Waals surface area contributed by atoms with E-state index in [9.17, 15) is 4.79 Å². The number of halogens is 1. The largest absolute Gasteiger partial charge is 0.459 e. The van der Waals surface area contributed by atoms with E-state index in [1.54, 1.807) is 24.3 Å². The molecule has 0 spiro atoms. The van der Waals surface area contributed by atoms with Gasteiger partial charge in [-0.1, -0.05) is 54.1 Å². The summed E-state index contributed by atoms with van der Waals surface area (Å²) < 4.78 is 5.18. The first kappa shape index (κ1) is 13.6. The number of esters is 1. The van der Waals surface area contributed by atoms with E-state index in [1.807, 2.05) is 30.3 Å². The van der Waals surface area contributed by atoms with Gasteiger partial charge in [-0.25, -0.2) is 4.79 Å². The molecule has 0 aliphatic carbocycles. The van der Waals surface area contributed by atoms with Gasteiger partial charge in [0, 0.05) is 5.02 Å². The lowest BCUT2D eigenvalue weighted by Crippen LogP contribution is -2.23. The first-order valence-electron chi connectivity index (χ1n) is 5.88. The van der Waals surface area contributed by atoms with Gasteiger partial charge in [-0.3, -0.25) is 0 Å². The molecule has 3 nitrogen and oxygen atoms in total. The van der Waals surface area contributed by atoms with Crippen LogP contribution < -0.4 is 5.73 Å². The highest BCUT2D eigenvalue weighted by Gasteiger charge is 2.16. The Morgan fingerprint density at radius 3 is 2.37 bits per heavy atom. The number of carbonyl (C=O) groups excluding carboxylic acids is 1. The molecule has 0 aliphatic heterocycles. The zero-order chi connectivity index (χ0) is 13.7. The molecule has 0 fully saturated rings. The summed E-state index contributed by atoms with van der Waals surface area (Å²) in [5.41, 5.74) is 7.44. The van der Waals surface area contributed by atoms with Gasteiger partial charge < -0.3 is 10.5 Å². The first-order chi connectivity index (χ1) is 9.16. The van der Waals surface area contributed by atoms with Gasteiger partial charge in [0.15, 0.2) is 0 Å². The van der Waals surface area contributed by atoms with Crippen molar-refractivity contribution in [2.75, 3.05) is 0 Å². The number of nitrogens with two attached hydrogens (primary N) is 1. The maximum Gasteiger partial charge on any atom is 0.327 e. The second-order valence-electron chi connectivity index (χ2n) is 4.12. The average molecular weight is 276 g/mol. The minimum absolute atomic E-state index is 0.191. The number of rotatable bonds is 4. The summed E-state index contributed by atoms with van der Waals surface area (Å²) in [4.78, 5) is 11.8. The van der Waals surface area contributed by atoms with Crippen LogP contribution in [0.4, 0.5) is 0 Å². The zero-order valence-corrected chi connectivity index (χ0v) is 11.0. The molecule has 4 heteroatoms. The summed E-state index contributed by atoms with van der Waals surface area (Å²) in [5.74, 6) is -0.443. The van der Waals surface area contributed by atoms with Crippen molar-refractivity contribution in [2.45, 2.75) is 12.6 Å². The molecule has 0 saturated carbocycles. The van der Waals surface area contributed by atoms with Gasteiger partial charge >= 0.3 is 5.97 Å². The van der Waals surface area contributed by atoms with E-state index in [-0.39, 0.29) is 6.61 Å². The van der Waals surface area contributed by atoms with Crippen molar-refractivity contribution in [3.8, 4) is 0 Å². The van der Waals surface area contributed by atoms with Crippen LogP contribution in [-0.2, 0) is 16.1 Å². The van der Waals surface area contributed by atoms with Gasteiger partial charge in [-0.05, 0) is 23.3 Å². The lowest BCUT2D eigenvalue weighted by Gasteiger charge is -2.11. The van der Waals surface area contributed by atoms with Crippen molar-refractivity contribution in [3.63, 3.8) is 0 Å². The van der Waals surface area contributed by atoms with E-state index in [0.29, 0.717) is 5.02 Å². The van der Waals surface area contributed by atoms with Gasteiger partial charge in [0.05, 0.1) is 0 Å². The molecule has 2 N–H and O–H groups in total. The predicted molar refractivity (Wildman–Crippen MR) is 74.6 cm³/mol. The van der Waals surface area contributed by atoms with Gasteiger partial charge in [0.2, 0.25) is 0 Å². The monoisotopic (exact) mass is 275 g/mol. The molecule has 98 valence electrons. The fraction of sp³-hybridized carbons (Fsp3) is 0.133. The van der Waals surface area contributed by atoms with E-state index >= 15 is 0 Å². The minimum Gasteiger partial charge on any atom is -0.459 e. The Balaban J connectivity index is 1.93. The Bertz CT molecular complexity index is 540. The summed E-state index contributed by atoms with van der Waals surface area (Å²) in [6.45, 7) is 0.191. The molecule has 0 radical (unpaired) electrons. The quantitative estimate of drug-likeness (QED) is 0.873. The predicted octanol–water partition coefficient (Wildman–Crippen LogP) is 3.08. The summed E-state index contributed by atoms with van der Waals surface area (Å²) in [5, 5.41) is 0.649. The van der Waals surface area contributed by atoms with Gasteiger partial charge in [-0.15, -0.1) is 0 Å². The lowest BCUT2D eigenvalue weighted by molar-refractivity contribution is -0.146. The smallest absolute Gasteiger partial charge is 0.327 e. The molecule has 0 aromatic heterocycles. The SMILES string of the molecule is N[C@@H](C(=O)OCc1ccc(Cl)cc1)c1ccccc1. The summed E-state index contributed by atoms with van der Waals surface area (Å²) in [6.07, 6.45) is 0. The first-order valence-corrected chi connectivity index (χ1v) is 6.26. The number of ether oxygens (including phenoxy) is 1. The molecule has 2 rings (SSSR count). The summed E-state index contributed by atoms with van der Waals surface area (Å²) >= 11 is 5.78. The zero-order valence-electron chi connectivity index (χ0n) is 10.3. The number of hydrogen-bond acceptors (Lipinski definition) is 3. The molecule has 0 saturated heterocycles. The van der Waals surface area contributed by atoms with Gasteiger partial charge in [0.25, 0.3) is 0 Å². The van der Waals surface area contributed by atoms with Crippen LogP contribution in [0.1, 0.15) is 17.2 Å². The topological polar surface area (TPSA) is 52.3 Å². The van der Waals surface area contributed by atoms with Crippen molar-refractivity contribution in [2.24, 2.45) is 5.73 Å². The van der Waals surface area contributed by atoms with Gasteiger partial charge in [-0.2, -0.15) is 0 Å². The second-order valence-corrected chi connectivity index (χ2v) is 4.56. The standard InChI is InChI=1S/C15H14ClNO2/c16-13-8-6-11(7-9-13)10-19-15(18)14(17)12-4-2-1-3-5-12/h1-9,14H,10,17H2/t14-/m1/s1. The van der Waals surface area contributed by atoms with Crippen LogP contribution in [0.25, 0.3) is 0 Å². The van der Waals surface area contributed by atoms with E-state index in [0.717, 1.165) is 11.1 Å². The summed E-state index contributed by atoms with van der Waals surface area (Å²) in [7, 11) is 0. The van der Waals surface area contributed by atoms with Crippen LogP contribution in [0, 0.1) is 0 Å². The Morgan fingerprint density at radius 1 is 1.11 bits per heavy atom. The molecular weight excluding hydrogens is 262 g/mol. The molecule has 0 amide bonds. The van der Waals surface area contributed by atoms with Crippen LogP contribution in [0.2, 0.25) is 5.02 Å². The highest BCUT2D eigenvalue weighted by atomic mass is 35.5. The van der Waals surface area contributed by atoms with Crippen molar-refractivity contribution >= 4 is 17.6 Å². The highest BCUT2D eigenvalue weighted by molar-refractivity contribution is 6.30. The van der Waals surface area contributed by atoms with Crippen molar-refractivity contribution in [3.05, 3.63) is 70.7 Å². The van der Waals surface area contributed by atoms with Gasteiger partial charge in [0.1, 0.15) is 12.6 Å². The molecule has 0 bridgehead atoms. The second kappa shape index (κ2) is 6.36. The average Bonchev–Trinajstić information content (AvgIpc) is 2.46. The Hall–Kier alpha value is -1.84. The Labute approximate surface area is 117 Å². The molecule has 0 unspecified atom stereocenters. The number of carbonyl (C=O) groups is 1. The van der Waals surface area contributed by atoms with E-state index in [1.165, 1.54) is 0 Å². The maximum atomic E-state index is 11.8. The third-order valence-corrected chi connectivity index (χ3v) is 2.96. The molecule has 0 aliphatic rings. The normalized spacial score (nSPS) is 11.9. The van der Waals surface area contributed by atoms with Crippen molar-refractivity contribution < 1.29 is 9.53 Å². The fourth-order valence-electron chi connectivity index (χ4n) is 1.62. The van der Waals surface area contributed by atoms with Crippen molar-refractivity contribution in [1.29, 1.82) is 0 Å². The Morgan fingerprint density at radius 2 is 1.74 bits per heavy atom. The number of hydrogen-bond donors (Lipinski definition) is 1. The fourth-order valence-corrected chi connectivity index (χ4v) is 1.75. The summed E-state index contributed by atoms with van der Waals surface area (Å²) in [6, 6.07) is 15.5. The lowest BCUT2D eigenvalue weighted by atomic mass is 10.1. The maximum absolute atomic E-state index is 11.8. The molecule has 2 aromatic rings. The van der Waals surface area contributed by atoms with E-state index < -0.39 is 12.0 Å². The molecule has 1 atom stereocenters. The van der Waals surface area contributed by atoms with Crippen LogP contribution in [0.3, 0.4) is 0 Å². The molecule has 0 heterocycles. The van der Waals surface area contributed by atoms with Crippen LogP contribution in [0.5, 0.6) is 0 Å².